The fourth-order valence-corrected chi connectivity index (χ4v) is 2.39. The van der Waals surface area contributed by atoms with E-state index in [2.05, 4.69) is 15.9 Å². The van der Waals surface area contributed by atoms with Gasteiger partial charge in [0.05, 0.1) is 0 Å². The van der Waals surface area contributed by atoms with Crippen LogP contribution in [0.5, 0.6) is 0 Å². The van der Waals surface area contributed by atoms with Crippen molar-refractivity contribution in [3.63, 3.8) is 0 Å². The van der Waals surface area contributed by atoms with Crippen molar-refractivity contribution in [2.45, 2.75) is 11.2 Å². The van der Waals surface area contributed by atoms with Crippen molar-refractivity contribution < 1.29 is 8.78 Å². The first-order chi connectivity index (χ1) is 8.15. The third-order valence-electron chi connectivity index (χ3n) is 2.50. The molecule has 0 N–H and O–H groups in total. The lowest BCUT2D eigenvalue weighted by Gasteiger charge is -2.10. The second-order valence-electron chi connectivity index (χ2n) is 3.86. The average Bonchev–Trinajstić information content (AvgIpc) is 2.28. The van der Waals surface area contributed by atoms with E-state index in [1.54, 1.807) is 0 Å². The number of alkyl halides is 1. The minimum Gasteiger partial charge on any atom is -0.207 e. The molecular weight excluding hydrogens is 286 g/mol. The van der Waals surface area contributed by atoms with Gasteiger partial charge in [-0.3, -0.25) is 0 Å². The molecule has 0 saturated heterocycles. The second-order valence-corrected chi connectivity index (χ2v) is 4.97. The Kier molecular flexibility index (Phi) is 3.89. The van der Waals surface area contributed by atoms with Gasteiger partial charge in [-0.1, -0.05) is 46.3 Å². The number of rotatable bonds is 3. The Labute approximate surface area is 107 Å². The van der Waals surface area contributed by atoms with E-state index in [1.165, 1.54) is 12.1 Å². The Balaban J connectivity index is 2.16. The first-order valence-electron chi connectivity index (χ1n) is 5.29. The van der Waals surface area contributed by atoms with Crippen molar-refractivity contribution >= 4 is 15.9 Å². The fraction of sp³-hybridized carbons (Fsp3) is 0.143. The molecule has 0 radical (unpaired) electrons. The van der Waals surface area contributed by atoms with Gasteiger partial charge in [0, 0.05) is 10.9 Å². The van der Waals surface area contributed by atoms with Gasteiger partial charge in [0.2, 0.25) is 0 Å². The molecule has 0 aliphatic heterocycles. The van der Waals surface area contributed by atoms with Crippen LogP contribution in [0, 0.1) is 11.6 Å². The summed E-state index contributed by atoms with van der Waals surface area (Å²) < 4.78 is 26.1. The van der Waals surface area contributed by atoms with Crippen LogP contribution in [-0.4, -0.2) is 0 Å². The summed E-state index contributed by atoms with van der Waals surface area (Å²) in [5.41, 5.74) is 1.74. The van der Waals surface area contributed by atoms with Gasteiger partial charge in [-0.05, 0) is 29.7 Å². The standard InChI is InChI=1S/C14H11BrF2/c15-14(11-4-2-1-3-5-11)8-10-6-12(16)9-13(17)7-10/h1-7,9,14H,8H2. The zero-order chi connectivity index (χ0) is 12.3. The summed E-state index contributed by atoms with van der Waals surface area (Å²) >= 11 is 3.53. The van der Waals surface area contributed by atoms with E-state index in [9.17, 15) is 8.78 Å². The van der Waals surface area contributed by atoms with Gasteiger partial charge in [0.15, 0.2) is 0 Å². The molecule has 0 heterocycles. The number of hydrogen-bond donors (Lipinski definition) is 0. The topological polar surface area (TPSA) is 0 Å². The van der Waals surface area contributed by atoms with Gasteiger partial charge in [-0.15, -0.1) is 0 Å². The van der Waals surface area contributed by atoms with Gasteiger partial charge >= 0.3 is 0 Å². The molecule has 0 aliphatic carbocycles. The smallest absolute Gasteiger partial charge is 0.126 e. The van der Waals surface area contributed by atoms with Gasteiger partial charge in [-0.25, -0.2) is 8.78 Å². The SMILES string of the molecule is Fc1cc(F)cc(CC(Br)c2ccccc2)c1. The quantitative estimate of drug-likeness (QED) is 0.724. The summed E-state index contributed by atoms with van der Waals surface area (Å²) in [6.45, 7) is 0. The van der Waals surface area contributed by atoms with Gasteiger partial charge in [0.1, 0.15) is 11.6 Å². The van der Waals surface area contributed by atoms with Crippen LogP contribution in [0.15, 0.2) is 48.5 Å². The van der Waals surface area contributed by atoms with E-state index in [4.69, 9.17) is 0 Å². The van der Waals surface area contributed by atoms with Crippen LogP contribution >= 0.6 is 15.9 Å². The highest BCUT2D eigenvalue weighted by Crippen LogP contribution is 2.27. The number of benzene rings is 2. The van der Waals surface area contributed by atoms with E-state index in [0.717, 1.165) is 11.6 Å². The van der Waals surface area contributed by atoms with Crippen LogP contribution in [0.1, 0.15) is 16.0 Å². The van der Waals surface area contributed by atoms with E-state index in [1.807, 2.05) is 30.3 Å². The lowest BCUT2D eigenvalue weighted by atomic mass is 10.0. The van der Waals surface area contributed by atoms with Gasteiger partial charge in [-0.2, -0.15) is 0 Å². The molecule has 0 aromatic heterocycles. The Morgan fingerprint density at radius 1 is 0.941 bits per heavy atom. The van der Waals surface area contributed by atoms with E-state index in [-0.39, 0.29) is 4.83 Å². The van der Waals surface area contributed by atoms with E-state index in [0.29, 0.717) is 12.0 Å². The Hall–Kier alpha value is -1.22. The zero-order valence-electron chi connectivity index (χ0n) is 9.04. The maximum atomic E-state index is 13.0. The van der Waals surface area contributed by atoms with Gasteiger partial charge in [0.25, 0.3) is 0 Å². The highest BCUT2D eigenvalue weighted by atomic mass is 79.9. The lowest BCUT2D eigenvalue weighted by molar-refractivity contribution is 0.579. The summed E-state index contributed by atoms with van der Waals surface area (Å²) in [6, 6.07) is 13.4. The summed E-state index contributed by atoms with van der Waals surface area (Å²) in [5.74, 6) is -1.07. The molecule has 0 bridgehead atoms. The zero-order valence-corrected chi connectivity index (χ0v) is 10.6. The Bertz CT molecular complexity index is 477. The molecule has 17 heavy (non-hydrogen) atoms. The van der Waals surface area contributed by atoms with Crippen molar-refractivity contribution in [3.8, 4) is 0 Å². The predicted molar refractivity (Wildman–Crippen MR) is 68.2 cm³/mol. The lowest BCUT2D eigenvalue weighted by Crippen LogP contribution is -1.96. The van der Waals surface area contributed by atoms with Crippen molar-refractivity contribution in [1.29, 1.82) is 0 Å². The van der Waals surface area contributed by atoms with Crippen LogP contribution in [-0.2, 0) is 6.42 Å². The van der Waals surface area contributed by atoms with Crippen LogP contribution in [0.25, 0.3) is 0 Å². The summed E-state index contributed by atoms with van der Waals surface area (Å²) in [6.07, 6.45) is 0.554. The van der Waals surface area contributed by atoms with Crippen LogP contribution in [0.3, 0.4) is 0 Å². The molecular formula is C14H11BrF2. The van der Waals surface area contributed by atoms with Crippen LogP contribution < -0.4 is 0 Å². The summed E-state index contributed by atoms with van der Waals surface area (Å²) in [5, 5.41) is 0. The molecule has 0 spiro atoms. The average molecular weight is 297 g/mol. The van der Waals surface area contributed by atoms with Crippen molar-refractivity contribution in [3.05, 3.63) is 71.3 Å². The maximum Gasteiger partial charge on any atom is 0.126 e. The second kappa shape index (κ2) is 5.41. The molecule has 0 fully saturated rings. The molecule has 2 aromatic carbocycles. The molecule has 0 saturated carbocycles. The van der Waals surface area contributed by atoms with Crippen molar-refractivity contribution in [2.75, 3.05) is 0 Å². The molecule has 2 aromatic rings. The largest absolute Gasteiger partial charge is 0.207 e. The molecule has 1 atom stereocenters. The normalized spacial score (nSPS) is 12.4. The maximum absolute atomic E-state index is 13.0. The first-order valence-corrected chi connectivity index (χ1v) is 6.21. The highest BCUT2D eigenvalue weighted by molar-refractivity contribution is 9.09. The molecule has 2 rings (SSSR count). The van der Waals surface area contributed by atoms with Crippen LogP contribution in [0.4, 0.5) is 8.78 Å². The fourth-order valence-electron chi connectivity index (χ4n) is 1.72. The first kappa shape index (κ1) is 12.2. The molecule has 0 amide bonds. The minimum atomic E-state index is -0.534. The third-order valence-corrected chi connectivity index (χ3v) is 3.35. The van der Waals surface area contributed by atoms with Crippen molar-refractivity contribution in [2.24, 2.45) is 0 Å². The summed E-state index contributed by atoms with van der Waals surface area (Å²) in [4.78, 5) is 0.0601. The molecule has 0 aliphatic rings. The number of halogens is 3. The summed E-state index contributed by atoms with van der Waals surface area (Å²) in [7, 11) is 0. The minimum absolute atomic E-state index is 0.0601. The predicted octanol–water partition coefficient (Wildman–Crippen LogP) is 4.64. The molecule has 3 heteroatoms. The monoisotopic (exact) mass is 296 g/mol. The highest BCUT2D eigenvalue weighted by Gasteiger charge is 2.09. The molecule has 0 nitrogen and oxygen atoms in total. The Morgan fingerprint density at radius 3 is 2.12 bits per heavy atom. The van der Waals surface area contributed by atoms with E-state index >= 15 is 0 Å². The van der Waals surface area contributed by atoms with Crippen LogP contribution in [0.2, 0.25) is 0 Å². The van der Waals surface area contributed by atoms with Crippen molar-refractivity contribution in [1.82, 2.24) is 0 Å². The number of hydrogen-bond acceptors (Lipinski definition) is 0. The Morgan fingerprint density at radius 2 is 1.53 bits per heavy atom. The molecule has 88 valence electrons. The van der Waals surface area contributed by atoms with E-state index < -0.39 is 11.6 Å². The third kappa shape index (κ3) is 3.37. The molecule has 1 unspecified atom stereocenters. The van der Waals surface area contributed by atoms with Gasteiger partial charge < -0.3 is 0 Å².